The Bertz CT molecular complexity index is 1110. The molecule has 200 valence electrons. The van der Waals surface area contributed by atoms with Crippen LogP contribution >= 0.6 is 0 Å². The lowest BCUT2D eigenvalue weighted by molar-refractivity contribution is -0.147. The lowest BCUT2D eigenvalue weighted by Gasteiger charge is -2.25. The van der Waals surface area contributed by atoms with Crippen molar-refractivity contribution in [2.45, 2.75) is 71.2 Å². The number of carboxylic acid groups (broad SMARTS) is 1. The topological polar surface area (TPSA) is 122 Å². The molecule has 2 aromatic carbocycles. The Hall–Kier alpha value is -3.46. The number of nitrogens with one attached hydrogen (secondary N) is 1. The number of halogens is 1. The van der Waals surface area contributed by atoms with Gasteiger partial charge in [0.25, 0.3) is 0 Å². The smallest absolute Gasteiger partial charge is 0.345 e. The molecule has 0 spiro atoms. The van der Waals surface area contributed by atoms with E-state index in [1.165, 1.54) is 12.1 Å². The Morgan fingerprint density at radius 1 is 1.19 bits per heavy atom. The van der Waals surface area contributed by atoms with Crippen LogP contribution in [-0.2, 0) is 27.3 Å². The summed E-state index contributed by atoms with van der Waals surface area (Å²) in [4.78, 5) is 38.8. The van der Waals surface area contributed by atoms with Crippen LogP contribution in [0.15, 0.2) is 42.5 Å². The van der Waals surface area contributed by atoms with Crippen molar-refractivity contribution in [2.75, 3.05) is 6.54 Å². The first-order valence-electron chi connectivity index (χ1n) is 12.6. The van der Waals surface area contributed by atoms with Crippen molar-refractivity contribution < 1.29 is 28.6 Å². The summed E-state index contributed by atoms with van der Waals surface area (Å²) in [6, 6.07) is 10.4. The fourth-order valence-corrected chi connectivity index (χ4v) is 4.51. The van der Waals surface area contributed by atoms with E-state index in [9.17, 15) is 23.9 Å². The van der Waals surface area contributed by atoms with Gasteiger partial charge in [-0.3, -0.25) is 9.59 Å². The molecular formula is C28H36FN3O5. The van der Waals surface area contributed by atoms with Gasteiger partial charge in [-0.25, -0.2) is 9.18 Å². The highest BCUT2D eigenvalue weighted by atomic mass is 19.1. The van der Waals surface area contributed by atoms with Crippen LogP contribution in [0.5, 0.6) is 5.75 Å². The minimum atomic E-state index is -1.02. The van der Waals surface area contributed by atoms with Gasteiger partial charge in [-0.05, 0) is 67.1 Å². The standard InChI is InChI=1S/C28H36FN3O5/c1-17(2)26(28(35)36)37-23-10-7-19(8-11-23)16-31-27(34)24-5-4-12-32(24)25(33)15-22(30)14-20-13-21(29)9-6-18(20)3/h6-11,13,17,22,24,26H,4-5,12,14-16,30H2,1-3H3,(H,31,34)(H,35,36). The average molecular weight is 514 g/mol. The van der Waals surface area contributed by atoms with Crippen molar-refractivity contribution in [3.8, 4) is 5.75 Å². The van der Waals surface area contributed by atoms with Gasteiger partial charge in [0.15, 0.2) is 6.10 Å². The fourth-order valence-electron chi connectivity index (χ4n) is 4.51. The molecule has 37 heavy (non-hydrogen) atoms. The SMILES string of the molecule is Cc1ccc(F)cc1CC(N)CC(=O)N1CCCC1C(=O)NCc1ccc(OC(C(=O)O)C(C)C)cc1. The number of hydrogen-bond donors (Lipinski definition) is 3. The number of amides is 2. The van der Waals surface area contributed by atoms with Crippen LogP contribution in [-0.4, -0.2) is 52.5 Å². The van der Waals surface area contributed by atoms with Crippen LogP contribution in [0.25, 0.3) is 0 Å². The third kappa shape index (κ3) is 7.76. The number of aryl methyl sites for hydroxylation is 1. The minimum absolute atomic E-state index is 0.0783. The lowest BCUT2D eigenvalue weighted by Crippen LogP contribution is -2.47. The van der Waals surface area contributed by atoms with Gasteiger partial charge in [-0.2, -0.15) is 0 Å². The van der Waals surface area contributed by atoms with Crippen molar-refractivity contribution in [3.63, 3.8) is 0 Å². The Kier molecular flexibility index (Phi) is 9.63. The molecule has 3 rings (SSSR count). The van der Waals surface area contributed by atoms with E-state index in [0.717, 1.165) is 23.1 Å². The largest absolute Gasteiger partial charge is 0.478 e. The number of ether oxygens (including phenoxy) is 1. The molecule has 0 bridgehead atoms. The zero-order chi connectivity index (χ0) is 27.1. The fraction of sp³-hybridized carbons (Fsp3) is 0.464. The van der Waals surface area contributed by atoms with Crippen LogP contribution in [0.2, 0.25) is 0 Å². The highest BCUT2D eigenvalue weighted by molar-refractivity contribution is 5.88. The number of nitrogens with zero attached hydrogens (tertiary/aromatic N) is 1. The van der Waals surface area contributed by atoms with Gasteiger partial charge in [0.2, 0.25) is 11.8 Å². The number of hydrogen-bond acceptors (Lipinski definition) is 5. The Morgan fingerprint density at radius 2 is 1.89 bits per heavy atom. The number of aliphatic carboxylic acids is 1. The van der Waals surface area contributed by atoms with Gasteiger partial charge in [-0.15, -0.1) is 0 Å². The number of benzene rings is 2. The monoisotopic (exact) mass is 513 g/mol. The summed E-state index contributed by atoms with van der Waals surface area (Å²) < 4.78 is 19.1. The second kappa shape index (κ2) is 12.7. The number of carbonyl (C=O) groups is 3. The molecule has 3 unspecified atom stereocenters. The summed E-state index contributed by atoms with van der Waals surface area (Å²) in [5.41, 5.74) is 8.72. The van der Waals surface area contributed by atoms with E-state index in [1.807, 2.05) is 6.92 Å². The first-order valence-corrected chi connectivity index (χ1v) is 12.6. The Morgan fingerprint density at radius 3 is 2.54 bits per heavy atom. The second-order valence-corrected chi connectivity index (χ2v) is 9.97. The summed E-state index contributed by atoms with van der Waals surface area (Å²) >= 11 is 0. The molecule has 1 saturated heterocycles. The molecule has 2 aromatic rings. The lowest BCUT2D eigenvalue weighted by atomic mass is 9.99. The normalized spacial score (nSPS) is 16.9. The van der Waals surface area contributed by atoms with Crippen molar-refractivity contribution in [2.24, 2.45) is 11.7 Å². The Balaban J connectivity index is 1.51. The molecule has 0 radical (unpaired) electrons. The second-order valence-electron chi connectivity index (χ2n) is 9.97. The van der Waals surface area contributed by atoms with E-state index in [1.54, 1.807) is 49.1 Å². The van der Waals surface area contributed by atoms with Crippen LogP contribution in [0.1, 0.15) is 49.8 Å². The molecule has 3 atom stereocenters. The zero-order valence-corrected chi connectivity index (χ0v) is 21.6. The quantitative estimate of drug-likeness (QED) is 0.424. The number of carboxylic acids is 1. The number of nitrogens with two attached hydrogens (primary N) is 1. The first kappa shape index (κ1) is 28.1. The summed E-state index contributed by atoms with van der Waals surface area (Å²) in [5.74, 6) is -1.52. The molecule has 4 N–H and O–H groups in total. The van der Waals surface area contributed by atoms with Crippen molar-refractivity contribution in [1.29, 1.82) is 0 Å². The van der Waals surface area contributed by atoms with E-state index in [-0.39, 0.29) is 36.5 Å². The van der Waals surface area contributed by atoms with E-state index in [0.29, 0.717) is 25.1 Å². The van der Waals surface area contributed by atoms with Gasteiger partial charge >= 0.3 is 5.97 Å². The van der Waals surface area contributed by atoms with E-state index in [2.05, 4.69) is 5.32 Å². The van der Waals surface area contributed by atoms with Crippen LogP contribution in [0, 0.1) is 18.7 Å². The molecule has 0 aliphatic carbocycles. The maximum Gasteiger partial charge on any atom is 0.345 e. The predicted molar refractivity (Wildman–Crippen MR) is 137 cm³/mol. The zero-order valence-electron chi connectivity index (χ0n) is 21.6. The number of rotatable bonds is 11. The molecular weight excluding hydrogens is 477 g/mol. The third-order valence-electron chi connectivity index (χ3n) is 6.61. The van der Waals surface area contributed by atoms with Crippen LogP contribution in [0.4, 0.5) is 4.39 Å². The molecule has 1 aliphatic rings. The summed E-state index contributed by atoms with van der Waals surface area (Å²) in [6.45, 7) is 6.19. The molecule has 2 amide bonds. The van der Waals surface area contributed by atoms with Crippen molar-refractivity contribution >= 4 is 17.8 Å². The van der Waals surface area contributed by atoms with Gasteiger partial charge in [0.05, 0.1) is 0 Å². The summed E-state index contributed by atoms with van der Waals surface area (Å²) in [7, 11) is 0. The van der Waals surface area contributed by atoms with Crippen LogP contribution < -0.4 is 15.8 Å². The maximum absolute atomic E-state index is 13.6. The van der Waals surface area contributed by atoms with Gasteiger partial charge < -0.3 is 25.8 Å². The molecule has 8 nitrogen and oxygen atoms in total. The molecule has 1 heterocycles. The van der Waals surface area contributed by atoms with E-state index < -0.39 is 24.2 Å². The molecule has 1 aliphatic heterocycles. The van der Waals surface area contributed by atoms with E-state index in [4.69, 9.17) is 10.5 Å². The highest BCUT2D eigenvalue weighted by Crippen LogP contribution is 2.21. The number of likely N-dealkylation sites (tertiary alicyclic amines) is 1. The third-order valence-corrected chi connectivity index (χ3v) is 6.61. The molecule has 9 heteroatoms. The number of carbonyl (C=O) groups excluding carboxylic acids is 2. The molecule has 0 aromatic heterocycles. The predicted octanol–water partition coefficient (Wildman–Crippen LogP) is 3.19. The summed E-state index contributed by atoms with van der Waals surface area (Å²) in [5, 5.41) is 12.2. The van der Waals surface area contributed by atoms with Crippen LogP contribution in [0.3, 0.4) is 0 Å². The highest BCUT2D eigenvalue weighted by Gasteiger charge is 2.34. The van der Waals surface area contributed by atoms with Gasteiger partial charge in [0, 0.05) is 31.5 Å². The van der Waals surface area contributed by atoms with Crippen molar-refractivity contribution in [3.05, 3.63) is 65.0 Å². The van der Waals surface area contributed by atoms with Crippen molar-refractivity contribution in [1.82, 2.24) is 10.2 Å². The van der Waals surface area contributed by atoms with E-state index >= 15 is 0 Å². The van der Waals surface area contributed by atoms with Gasteiger partial charge in [0.1, 0.15) is 17.6 Å². The molecule has 1 fully saturated rings. The average Bonchev–Trinajstić information content (AvgIpc) is 3.34. The molecule has 0 saturated carbocycles. The Labute approximate surface area is 217 Å². The van der Waals surface area contributed by atoms with Gasteiger partial charge in [-0.1, -0.05) is 32.0 Å². The minimum Gasteiger partial charge on any atom is -0.478 e. The maximum atomic E-state index is 13.6. The first-order chi connectivity index (χ1) is 17.5. The summed E-state index contributed by atoms with van der Waals surface area (Å²) in [6.07, 6.45) is 0.824.